The molecule has 1 aromatic carbocycles. The summed E-state index contributed by atoms with van der Waals surface area (Å²) >= 11 is 1.45. The summed E-state index contributed by atoms with van der Waals surface area (Å²) in [4.78, 5) is 44.2. The van der Waals surface area contributed by atoms with Crippen molar-refractivity contribution in [2.75, 3.05) is 11.4 Å². The number of aromatic nitrogens is 4. The minimum Gasteiger partial charge on any atom is -0.348 e. The summed E-state index contributed by atoms with van der Waals surface area (Å²) in [5.74, 6) is -0.483. The summed E-state index contributed by atoms with van der Waals surface area (Å²) in [5.41, 5.74) is 1.55. The highest BCUT2D eigenvalue weighted by Gasteiger charge is 2.36. The van der Waals surface area contributed by atoms with Crippen LogP contribution in [-0.4, -0.2) is 38.5 Å². The van der Waals surface area contributed by atoms with E-state index < -0.39 is 11.6 Å². The minimum absolute atomic E-state index is 0.0999. The van der Waals surface area contributed by atoms with Crippen molar-refractivity contribution in [3.05, 3.63) is 40.1 Å². The van der Waals surface area contributed by atoms with Crippen LogP contribution in [0.5, 0.6) is 0 Å². The van der Waals surface area contributed by atoms with Gasteiger partial charge in [0.1, 0.15) is 5.82 Å². The van der Waals surface area contributed by atoms with Crippen molar-refractivity contribution in [3.63, 3.8) is 0 Å². The lowest BCUT2D eigenvalue weighted by atomic mass is 10.1. The van der Waals surface area contributed by atoms with Gasteiger partial charge in [0.05, 0.1) is 22.7 Å². The highest BCUT2D eigenvalue weighted by molar-refractivity contribution is 7.22. The fourth-order valence-corrected chi connectivity index (χ4v) is 4.00. The first-order valence-electron chi connectivity index (χ1n) is 8.08. The number of fused-ring (bicyclic) bond motifs is 1. The molecule has 0 aliphatic carbocycles. The fraction of sp³-hybridized carbons (Fsp3) is 0.312. The lowest BCUT2D eigenvalue weighted by Gasteiger charge is -2.12. The number of aromatic amines is 2. The van der Waals surface area contributed by atoms with Gasteiger partial charge in [-0.1, -0.05) is 17.4 Å². The predicted octanol–water partition coefficient (Wildman–Crippen LogP) is 0.685. The molecule has 9 nitrogen and oxygen atoms in total. The number of amides is 2. The lowest BCUT2D eigenvalue weighted by Crippen LogP contribution is -2.33. The molecule has 26 heavy (non-hydrogen) atoms. The molecule has 3 aromatic rings. The van der Waals surface area contributed by atoms with Gasteiger partial charge in [0.2, 0.25) is 11.8 Å². The maximum absolute atomic E-state index is 12.4. The van der Waals surface area contributed by atoms with Crippen LogP contribution in [0.2, 0.25) is 0 Å². The van der Waals surface area contributed by atoms with Gasteiger partial charge >= 0.3 is 5.69 Å². The summed E-state index contributed by atoms with van der Waals surface area (Å²) in [6.45, 7) is 2.40. The third-order valence-electron chi connectivity index (χ3n) is 4.24. The first-order valence-corrected chi connectivity index (χ1v) is 8.90. The third-order valence-corrected chi connectivity index (χ3v) is 5.28. The zero-order valence-corrected chi connectivity index (χ0v) is 14.7. The maximum Gasteiger partial charge on any atom is 0.340 e. The lowest BCUT2D eigenvalue weighted by molar-refractivity contribution is -0.126. The zero-order chi connectivity index (χ0) is 18.3. The summed E-state index contributed by atoms with van der Waals surface area (Å²) in [7, 11) is 0. The van der Waals surface area contributed by atoms with Gasteiger partial charge in [-0.15, -0.1) is 0 Å². The molecule has 1 atom stereocenters. The van der Waals surface area contributed by atoms with Crippen LogP contribution in [0.15, 0.2) is 23.0 Å². The van der Waals surface area contributed by atoms with Crippen LogP contribution in [-0.2, 0) is 16.1 Å². The predicted molar refractivity (Wildman–Crippen MR) is 95.9 cm³/mol. The Morgan fingerprint density at radius 2 is 2.27 bits per heavy atom. The average molecular weight is 372 g/mol. The van der Waals surface area contributed by atoms with Crippen LogP contribution in [0.3, 0.4) is 0 Å². The number of anilines is 1. The molecule has 1 fully saturated rings. The summed E-state index contributed by atoms with van der Waals surface area (Å²) in [6, 6.07) is 5.94. The van der Waals surface area contributed by atoms with E-state index in [0.29, 0.717) is 17.5 Å². The number of thiazole rings is 1. The first kappa shape index (κ1) is 16.5. The smallest absolute Gasteiger partial charge is 0.340 e. The van der Waals surface area contributed by atoms with Crippen LogP contribution in [0.1, 0.15) is 17.8 Å². The summed E-state index contributed by atoms with van der Waals surface area (Å²) < 4.78 is 1.02. The van der Waals surface area contributed by atoms with Gasteiger partial charge in [-0.2, -0.15) is 5.10 Å². The third kappa shape index (κ3) is 3.10. The number of hydrogen-bond donors (Lipinski definition) is 3. The van der Waals surface area contributed by atoms with Gasteiger partial charge in [0.15, 0.2) is 5.13 Å². The Morgan fingerprint density at radius 1 is 1.42 bits per heavy atom. The number of rotatable bonds is 4. The molecule has 2 aromatic heterocycles. The number of aryl methyl sites for hydroxylation is 1. The average Bonchev–Trinajstić information content (AvgIpc) is 3.30. The molecule has 1 unspecified atom stereocenters. The van der Waals surface area contributed by atoms with Crippen LogP contribution in [0.25, 0.3) is 10.2 Å². The number of hydrogen-bond acceptors (Lipinski definition) is 6. The van der Waals surface area contributed by atoms with Gasteiger partial charge in [-0.3, -0.25) is 19.5 Å². The van der Waals surface area contributed by atoms with Crippen molar-refractivity contribution in [1.82, 2.24) is 25.5 Å². The molecule has 10 heteroatoms. The van der Waals surface area contributed by atoms with Crippen LogP contribution < -0.4 is 15.9 Å². The number of nitrogens with zero attached hydrogens (tertiary/aromatic N) is 3. The first-order chi connectivity index (χ1) is 12.5. The zero-order valence-electron chi connectivity index (χ0n) is 13.9. The standard InChI is InChI=1S/C16H16N6O3S/c1-8-2-3-10-11(4-8)26-16(18-10)22-7-9(5-13(22)23)14(24)17-6-12-19-15(25)21-20-12/h2-4,9H,5-7H2,1H3,(H,17,24)(H2,19,20,21,25). The monoisotopic (exact) mass is 372 g/mol. The van der Waals surface area contributed by atoms with Crippen molar-refractivity contribution in [2.24, 2.45) is 5.92 Å². The van der Waals surface area contributed by atoms with E-state index in [9.17, 15) is 14.4 Å². The number of benzene rings is 1. The molecule has 3 N–H and O–H groups in total. The molecule has 1 aliphatic heterocycles. The Morgan fingerprint density at radius 3 is 3.04 bits per heavy atom. The Hall–Kier alpha value is -3.01. The second-order valence-electron chi connectivity index (χ2n) is 6.22. The van der Waals surface area contributed by atoms with Gasteiger partial charge in [0.25, 0.3) is 0 Å². The Labute approximate surface area is 151 Å². The molecular formula is C16H16N6O3S. The van der Waals surface area contributed by atoms with Crippen molar-refractivity contribution < 1.29 is 9.59 Å². The van der Waals surface area contributed by atoms with E-state index in [0.717, 1.165) is 15.8 Å². The topological polar surface area (TPSA) is 124 Å². The van der Waals surface area contributed by atoms with Crippen molar-refractivity contribution in [2.45, 2.75) is 19.9 Å². The van der Waals surface area contributed by atoms with Crippen molar-refractivity contribution >= 4 is 38.5 Å². The Bertz CT molecular complexity index is 1050. The second kappa shape index (κ2) is 6.37. The van der Waals surface area contributed by atoms with E-state index >= 15 is 0 Å². The SMILES string of the molecule is Cc1ccc2nc(N3CC(C(=O)NCc4n[nH]c(=O)[nH]4)CC3=O)sc2c1. The van der Waals surface area contributed by atoms with E-state index in [2.05, 4.69) is 25.5 Å². The van der Waals surface area contributed by atoms with E-state index in [4.69, 9.17) is 0 Å². The molecular weight excluding hydrogens is 356 g/mol. The number of carbonyl (C=O) groups is 2. The minimum atomic E-state index is -0.457. The van der Waals surface area contributed by atoms with E-state index in [1.807, 2.05) is 25.1 Å². The Balaban J connectivity index is 1.45. The molecule has 0 radical (unpaired) electrons. The molecule has 0 spiro atoms. The molecule has 2 amide bonds. The largest absolute Gasteiger partial charge is 0.348 e. The molecule has 134 valence electrons. The summed E-state index contributed by atoms with van der Waals surface area (Å²) in [5, 5.41) is 9.27. The number of H-pyrrole nitrogens is 2. The van der Waals surface area contributed by atoms with Crippen molar-refractivity contribution in [3.8, 4) is 0 Å². The molecule has 1 saturated heterocycles. The molecule has 0 saturated carbocycles. The fourth-order valence-electron chi connectivity index (χ4n) is 2.91. The molecule has 0 bridgehead atoms. The highest BCUT2D eigenvalue weighted by atomic mass is 32.1. The van der Waals surface area contributed by atoms with Gasteiger partial charge in [-0.05, 0) is 24.6 Å². The van der Waals surface area contributed by atoms with Gasteiger partial charge < -0.3 is 5.32 Å². The van der Waals surface area contributed by atoms with Crippen LogP contribution in [0.4, 0.5) is 5.13 Å². The van der Waals surface area contributed by atoms with Crippen LogP contribution >= 0.6 is 11.3 Å². The van der Waals surface area contributed by atoms with Crippen LogP contribution in [0, 0.1) is 12.8 Å². The van der Waals surface area contributed by atoms with Crippen molar-refractivity contribution in [1.29, 1.82) is 0 Å². The quantitative estimate of drug-likeness (QED) is 0.621. The second-order valence-corrected chi connectivity index (χ2v) is 7.22. The molecule has 4 rings (SSSR count). The number of nitrogens with one attached hydrogen (secondary N) is 3. The maximum atomic E-state index is 12.4. The van der Waals surface area contributed by atoms with E-state index in [-0.39, 0.29) is 24.8 Å². The summed E-state index contributed by atoms with van der Waals surface area (Å²) in [6.07, 6.45) is 0.137. The highest BCUT2D eigenvalue weighted by Crippen LogP contribution is 2.33. The number of carbonyl (C=O) groups excluding carboxylic acids is 2. The van der Waals surface area contributed by atoms with Gasteiger partial charge in [-0.25, -0.2) is 14.9 Å². The molecule has 1 aliphatic rings. The molecule has 3 heterocycles. The van der Waals surface area contributed by atoms with E-state index in [1.165, 1.54) is 11.3 Å². The van der Waals surface area contributed by atoms with Gasteiger partial charge in [0, 0.05) is 13.0 Å². The Kier molecular flexibility index (Phi) is 4.03. The normalized spacial score (nSPS) is 17.2. The van der Waals surface area contributed by atoms with E-state index in [1.54, 1.807) is 4.90 Å².